The Bertz CT molecular complexity index is 1470. The van der Waals surface area contributed by atoms with Gasteiger partial charge in [-0.05, 0) is 70.9 Å². The molecule has 0 radical (unpaired) electrons. The first-order valence-electron chi connectivity index (χ1n) is 11.5. The predicted octanol–water partition coefficient (Wildman–Crippen LogP) is 7.13. The van der Waals surface area contributed by atoms with Crippen molar-refractivity contribution in [2.24, 2.45) is 10.2 Å². The minimum Gasteiger partial charge on any atom is -0.489 e. The molecule has 37 heavy (non-hydrogen) atoms. The summed E-state index contributed by atoms with van der Waals surface area (Å²) in [6.45, 7) is 0.753. The first kappa shape index (κ1) is 24.8. The number of amidine groups is 1. The van der Waals surface area contributed by atoms with Crippen LogP contribution >= 0.6 is 27.7 Å². The number of thioether (sulfide) groups is 1. The third kappa shape index (κ3) is 6.67. The minimum absolute atomic E-state index is 0.147. The van der Waals surface area contributed by atoms with Crippen molar-refractivity contribution < 1.29 is 13.9 Å². The van der Waals surface area contributed by atoms with E-state index in [1.54, 1.807) is 23.4 Å². The molecular weight excluding hydrogens is 550 g/mol. The number of ether oxygens (including phenoxy) is 1. The molecular formula is C29H22BrN3O3S. The molecule has 0 saturated carbocycles. The van der Waals surface area contributed by atoms with Crippen LogP contribution in [-0.2, 0) is 17.9 Å². The highest BCUT2D eigenvalue weighted by molar-refractivity contribution is 9.10. The number of nitrogens with zero attached hydrogens (tertiary/aromatic N) is 3. The maximum atomic E-state index is 13.2. The quantitative estimate of drug-likeness (QED) is 0.128. The van der Waals surface area contributed by atoms with Crippen LogP contribution in [0.5, 0.6) is 5.75 Å². The average Bonchev–Trinajstić information content (AvgIpc) is 3.53. The first-order valence-corrected chi connectivity index (χ1v) is 13.1. The molecule has 1 saturated heterocycles. The number of carbonyl (C=O) groups is 1. The Labute approximate surface area is 227 Å². The van der Waals surface area contributed by atoms with Gasteiger partial charge in [-0.1, -0.05) is 70.5 Å². The van der Waals surface area contributed by atoms with Crippen molar-refractivity contribution >= 4 is 51.1 Å². The van der Waals surface area contributed by atoms with Gasteiger partial charge < -0.3 is 9.15 Å². The molecule has 0 aliphatic carbocycles. The summed E-state index contributed by atoms with van der Waals surface area (Å²) in [6.07, 6.45) is 5.09. The second-order valence-electron chi connectivity index (χ2n) is 8.11. The summed E-state index contributed by atoms with van der Waals surface area (Å²) in [4.78, 5) is 15.4. The highest BCUT2D eigenvalue weighted by atomic mass is 79.9. The van der Waals surface area contributed by atoms with Crippen molar-refractivity contribution in [2.45, 2.75) is 13.2 Å². The fourth-order valence-corrected chi connectivity index (χ4v) is 4.95. The van der Waals surface area contributed by atoms with Crippen LogP contribution in [-0.4, -0.2) is 22.2 Å². The highest BCUT2D eigenvalue weighted by Crippen LogP contribution is 2.34. The zero-order chi connectivity index (χ0) is 25.5. The summed E-state index contributed by atoms with van der Waals surface area (Å²) >= 11 is 4.76. The van der Waals surface area contributed by atoms with E-state index in [-0.39, 0.29) is 12.5 Å². The number of hydrogen-bond donors (Lipinski definition) is 0. The second kappa shape index (κ2) is 11.9. The fraction of sp³-hybridized carbons (Fsp3) is 0.0690. The Balaban J connectivity index is 1.34. The lowest BCUT2D eigenvalue weighted by molar-refractivity contribution is -0.122. The van der Waals surface area contributed by atoms with E-state index in [4.69, 9.17) is 9.15 Å². The molecule has 0 bridgehead atoms. The summed E-state index contributed by atoms with van der Waals surface area (Å²) in [5, 5.41) is 9.15. The van der Waals surface area contributed by atoms with Crippen molar-refractivity contribution in [3.63, 3.8) is 0 Å². The van der Waals surface area contributed by atoms with Gasteiger partial charge in [0.1, 0.15) is 18.1 Å². The summed E-state index contributed by atoms with van der Waals surface area (Å²) < 4.78 is 12.3. The number of benzene rings is 3. The molecule has 1 amide bonds. The van der Waals surface area contributed by atoms with E-state index in [1.807, 2.05) is 91.0 Å². The molecule has 2 heterocycles. The SMILES string of the molecule is O=C1/C(=C/c2cccc(Br)c2)S/C(=N\N=C\c2cccc(OCc3ccccc3)c2)N1Cc1ccco1. The minimum atomic E-state index is -0.147. The lowest BCUT2D eigenvalue weighted by Crippen LogP contribution is -2.28. The van der Waals surface area contributed by atoms with Gasteiger partial charge in [0.15, 0.2) is 5.17 Å². The van der Waals surface area contributed by atoms with Crippen LogP contribution in [0.2, 0.25) is 0 Å². The van der Waals surface area contributed by atoms with E-state index in [0.29, 0.717) is 22.4 Å². The molecule has 0 N–H and O–H groups in total. The third-order valence-corrected chi connectivity index (χ3v) is 6.88. The Morgan fingerprint density at radius 3 is 2.59 bits per heavy atom. The summed E-state index contributed by atoms with van der Waals surface area (Å²) in [5.74, 6) is 1.26. The maximum absolute atomic E-state index is 13.2. The van der Waals surface area contributed by atoms with E-state index >= 15 is 0 Å². The smallest absolute Gasteiger partial charge is 0.267 e. The Kier molecular flexibility index (Phi) is 7.98. The van der Waals surface area contributed by atoms with Crippen LogP contribution in [0.15, 0.2) is 121 Å². The van der Waals surface area contributed by atoms with Gasteiger partial charge in [-0.15, -0.1) is 5.10 Å². The van der Waals surface area contributed by atoms with E-state index in [2.05, 4.69) is 26.1 Å². The largest absolute Gasteiger partial charge is 0.489 e. The average molecular weight is 572 g/mol. The van der Waals surface area contributed by atoms with E-state index in [0.717, 1.165) is 26.9 Å². The van der Waals surface area contributed by atoms with Gasteiger partial charge in [0.2, 0.25) is 0 Å². The second-order valence-corrected chi connectivity index (χ2v) is 10.0. The molecule has 184 valence electrons. The van der Waals surface area contributed by atoms with Crippen molar-refractivity contribution in [3.05, 3.63) is 129 Å². The Morgan fingerprint density at radius 2 is 1.78 bits per heavy atom. The van der Waals surface area contributed by atoms with Crippen molar-refractivity contribution in [1.29, 1.82) is 0 Å². The van der Waals surface area contributed by atoms with Crippen LogP contribution in [0.25, 0.3) is 6.08 Å². The number of halogens is 1. The fourth-order valence-electron chi connectivity index (χ4n) is 3.60. The molecule has 3 aromatic carbocycles. The highest BCUT2D eigenvalue weighted by Gasteiger charge is 2.34. The molecule has 5 rings (SSSR count). The molecule has 1 aliphatic heterocycles. The monoisotopic (exact) mass is 571 g/mol. The predicted molar refractivity (Wildman–Crippen MR) is 151 cm³/mol. The molecule has 1 aromatic heterocycles. The molecule has 1 aliphatic rings. The summed E-state index contributed by atoms with van der Waals surface area (Å²) in [5.41, 5.74) is 2.85. The Hall–Kier alpha value is -3.88. The lowest BCUT2D eigenvalue weighted by atomic mass is 10.2. The van der Waals surface area contributed by atoms with Crippen molar-refractivity contribution in [2.75, 3.05) is 0 Å². The molecule has 1 fully saturated rings. The maximum Gasteiger partial charge on any atom is 0.267 e. The summed E-state index contributed by atoms with van der Waals surface area (Å²) in [7, 11) is 0. The standard InChI is InChI=1S/C29H22BrN3O3S/c30-24-11-4-9-22(15-24)17-27-28(34)33(19-26-13-6-14-35-26)29(37-27)32-31-18-23-10-5-12-25(16-23)36-20-21-7-2-1-3-8-21/h1-18H,19-20H2/b27-17-,31-18+,32-29-. The molecule has 4 aromatic rings. The van der Waals surface area contributed by atoms with Gasteiger partial charge in [-0.3, -0.25) is 9.69 Å². The zero-order valence-electron chi connectivity index (χ0n) is 19.7. The normalized spacial score (nSPS) is 15.8. The van der Waals surface area contributed by atoms with Gasteiger partial charge in [-0.25, -0.2) is 0 Å². The molecule has 0 spiro atoms. The number of hydrogen-bond acceptors (Lipinski definition) is 6. The molecule has 0 unspecified atom stereocenters. The van der Waals surface area contributed by atoms with Gasteiger partial charge in [0.25, 0.3) is 5.91 Å². The van der Waals surface area contributed by atoms with Crippen molar-refractivity contribution in [3.8, 4) is 5.75 Å². The van der Waals surface area contributed by atoms with E-state index < -0.39 is 0 Å². The van der Waals surface area contributed by atoms with Crippen LogP contribution in [0.1, 0.15) is 22.5 Å². The van der Waals surface area contributed by atoms with Crippen LogP contribution in [0.4, 0.5) is 0 Å². The number of amides is 1. The number of rotatable bonds is 8. The Morgan fingerprint density at radius 1 is 0.946 bits per heavy atom. The van der Waals surface area contributed by atoms with Gasteiger partial charge in [0, 0.05) is 4.47 Å². The van der Waals surface area contributed by atoms with Crippen LogP contribution < -0.4 is 4.74 Å². The lowest BCUT2D eigenvalue weighted by Gasteiger charge is -2.12. The van der Waals surface area contributed by atoms with E-state index in [1.165, 1.54) is 11.8 Å². The topological polar surface area (TPSA) is 67.4 Å². The van der Waals surface area contributed by atoms with Crippen LogP contribution in [0.3, 0.4) is 0 Å². The third-order valence-electron chi connectivity index (χ3n) is 5.39. The van der Waals surface area contributed by atoms with Crippen LogP contribution in [0, 0.1) is 0 Å². The van der Waals surface area contributed by atoms with Gasteiger partial charge >= 0.3 is 0 Å². The zero-order valence-corrected chi connectivity index (χ0v) is 22.1. The summed E-state index contributed by atoms with van der Waals surface area (Å²) in [6, 6.07) is 29.0. The molecule has 8 heteroatoms. The van der Waals surface area contributed by atoms with Gasteiger partial charge in [-0.2, -0.15) is 5.10 Å². The molecule has 6 nitrogen and oxygen atoms in total. The first-order chi connectivity index (χ1) is 18.1. The van der Waals surface area contributed by atoms with Crippen molar-refractivity contribution in [1.82, 2.24) is 4.90 Å². The van der Waals surface area contributed by atoms with Gasteiger partial charge in [0.05, 0.1) is 23.9 Å². The molecule has 0 atom stereocenters. The van der Waals surface area contributed by atoms with E-state index in [9.17, 15) is 4.79 Å². The number of furan rings is 1. The number of carbonyl (C=O) groups excluding carboxylic acids is 1.